The molecule has 2 heterocycles. The SMILES string of the molecule is C[C@@H]1CCN(C(=O)Cc2csc(C(C)(C)C)n2)CCS1(=O)=O. The zero-order valence-electron chi connectivity index (χ0n) is 13.6. The van der Waals surface area contributed by atoms with E-state index in [1.165, 1.54) is 0 Å². The van der Waals surface area contributed by atoms with E-state index in [1.54, 1.807) is 23.2 Å². The van der Waals surface area contributed by atoms with E-state index in [-0.39, 0.29) is 28.7 Å². The number of sulfone groups is 1. The van der Waals surface area contributed by atoms with Crippen LogP contribution in [0.3, 0.4) is 0 Å². The Morgan fingerprint density at radius 3 is 2.68 bits per heavy atom. The Balaban J connectivity index is 2.02. The fourth-order valence-corrected chi connectivity index (χ4v) is 4.57. The second-order valence-electron chi connectivity index (χ2n) is 6.92. The van der Waals surface area contributed by atoms with Gasteiger partial charge in [0.1, 0.15) is 0 Å². The molecule has 0 spiro atoms. The maximum atomic E-state index is 12.4. The van der Waals surface area contributed by atoms with Gasteiger partial charge in [0.2, 0.25) is 5.91 Å². The van der Waals surface area contributed by atoms with Gasteiger partial charge in [0.25, 0.3) is 0 Å². The summed E-state index contributed by atoms with van der Waals surface area (Å²) in [4.78, 5) is 18.6. The number of nitrogens with zero attached hydrogens (tertiary/aromatic N) is 2. The molecule has 2 rings (SSSR count). The fourth-order valence-electron chi connectivity index (χ4n) is 2.32. The standard InChI is InChI=1S/C15H24N2O3S2/c1-11-5-6-17(7-8-22(11,19)20)13(18)9-12-10-21-14(16-12)15(2,3)4/h10-11H,5-9H2,1-4H3/t11-/m1/s1. The summed E-state index contributed by atoms with van der Waals surface area (Å²) in [5.74, 6) is 0.0274. The van der Waals surface area contributed by atoms with Gasteiger partial charge in [-0.3, -0.25) is 4.79 Å². The van der Waals surface area contributed by atoms with Crippen molar-refractivity contribution in [2.24, 2.45) is 0 Å². The number of rotatable bonds is 2. The number of amides is 1. The maximum Gasteiger partial charge on any atom is 0.228 e. The van der Waals surface area contributed by atoms with Crippen molar-refractivity contribution in [3.63, 3.8) is 0 Å². The van der Waals surface area contributed by atoms with Crippen LogP contribution in [0.5, 0.6) is 0 Å². The van der Waals surface area contributed by atoms with Crippen molar-refractivity contribution in [2.45, 2.75) is 51.2 Å². The Bertz CT molecular complexity index is 644. The predicted molar refractivity (Wildman–Crippen MR) is 89.0 cm³/mol. The van der Waals surface area contributed by atoms with Crippen molar-refractivity contribution in [3.05, 3.63) is 16.1 Å². The van der Waals surface area contributed by atoms with Gasteiger partial charge < -0.3 is 4.90 Å². The molecule has 1 aromatic rings. The molecule has 22 heavy (non-hydrogen) atoms. The van der Waals surface area contributed by atoms with E-state index in [0.717, 1.165) is 10.7 Å². The third-order valence-electron chi connectivity index (χ3n) is 3.94. The van der Waals surface area contributed by atoms with Crippen LogP contribution in [-0.2, 0) is 26.5 Å². The van der Waals surface area contributed by atoms with Crippen LogP contribution in [0.1, 0.15) is 44.8 Å². The minimum Gasteiger partial charge on any atom is -0.341 e. The molecular weight excluding hydrogens is 320 g/mol. The highest BCUT2D eigenvalue weighted by molar-refractivity contribution is 7.92. The molecule has 1 aliphatic rings. The van der Waals surface area contributed by atoms with E-state index in [1.807, 2.05) is 5.38 Å². The van der Waals surface area contributed by atoms with E-state index in [9.17, 15) is 13.2 Å². The number of aromatic nitrogens is 1. The van der Waals surface area contributed by atoms with Crippen LogP contribution >= 0.6 is 11.3 Å². The highest BCUT2D eigenvalue weighted by Gasteiger charge is 2.28. The van der Waals surface area contributed by atoms with Gasteiger partial charge >= 0.3 is 0 Å². The van der Waals surface area contributed by atoms with Gasteiger partial charge in [-0.15, -0.1) is 11.3 Å². The summed E-state index contributed by atoms with van der Waals surface area (Å²) in [6.07, 6.45) is 0.763. The molecule has 1 aliphatic heterocycles. The topological polar surface area (TPSA) is 67.3 Å². The van der Waals surface area contributed by atoms with Crippen molar-refractivity contribution in [1.29, 1.82) is 0 Å². The monoisotopic (exact) mass is 344 g/mol. The summed E-state index contributed by atoms with van der Waals surface area (Å²) in [6, 6.07) is 0. The molecule has 1 atom stereocenters. The molecule has 124 valence electrons. The number of carbonyl (C=O) groups is 1. The predicted octanol–water partition coefficient (Wildman–Crippen LogP) is 2.02. The molecule has 1 aromatic heterocycles. The Hall–Kier alpha value is -0.950. The lowest BCUT2D eigenvalue weighted by Gasteiger charge is -2.19. The minimum absolute atomic E-state index is 0.0158. The van der Waals surface area contributed by atoms with Gasteiger partial charge in [-0.25, -0.2) is 13.4 Å². The quantitative estimate of drug-likeness (QED) is 0.823. The van der Waals surface area contributed by atoms with Crippen molar-refractivity contribution in [3.8, 4) is 0 Å². The number of carbonyl (C=O) groups excluding carboxylic acids is 1. The van der Waals surface area contributed by atoms with Gasteiger partial charge in [-0.1, -0.05) is 20.8 Å². The van der Waals surface area contributed by atoms with Gasteiger partial charge in [-0.2, -0.15) is 0 Å². The van der Waals surface area contributed by atoms with Crippen LogP contribution in [0.4, 0.5) is 0 Å². The summed E-state index contributed by atoms with van der Waals surface area (Å²) >= 11 is 1.57. The van der Waals surface area contributed by atoms with Crippen LogP contribution in [0, 0.1) is 0 Å². The Labute approximate surface area is 136 Å². The summed E-state index contributed by atoms with van der Waals surface area (Å²) in [5.41, 5.74) is 0.762. The normalized spacial score (nSPS) is 22.4. The molecule has 0 aromatic carbocycles. The highest BCUT2D eigenvalue weighted by atomic mass is 32.2. The molecule has 0 radical (unpaired) electrons. The molecule has 0 bridgehead atoms. The van der Waals surface area contributed by atoms with E-state index >= 15 is 0 Å². The summed E-state index contributed by atoms with van der Waals surface area (Å²) in [7, 11) is -3.06. The zero-order valence-corrected chi connectivity index (χ0v) is 15.3. The molecule has 7 heteroatoms. The second kappa shape index (κ2) is 6.28. The first-order chi connectivity index (χ1) is 10.1. The second-order valence-corrected chi connectivity index (χ2v) is 10.3. The molecule has 1 saturated heterocycles. The smallest absolute Gasteiger partial charge is 0.228 e. The van der Waals surface area contributed by atoms with E-state index in [2.05, 4.69) is 25.8 Å². The van der Waals surface area contributed by atoms with Crippen LogP contribution in [0.2, 0.25) is 0 Å². The highest BCUT2D eigenvalue weighted by Crippen LogP contribution is 2.26. The average Bonchev–Trinajstić information content (AvgIpc) is 2.81. The fraction of sp³-hybridized carbons (Fsp3) is 0.733. The lowest BCUT2D eigenvalue weighted by molar-refractivity contribution is -0.130. The van der Waals surface area contributed by atoms with Gasteiger partial charge in [0, 0.05) is 23.9 Å². The van der Waals surface area contributed by atoms with Gasteiger partial charge in [0.05, 0.1) is 28.1 Å². The van der Waals surface area contributed by atoms with Gasteiger partial charge in [-0.05, 0) is 13.3 Å². The van der Waals surface area contributed by atoms with Crippen molar-refractivity contribution in [1.82, 2.24) is 9.88 Å². The van der Waals surface area contributed by atoms with E-state index < -0.39 is 9.84 Å². The first-order valence-corrected chi connectivity index (χ1v) is 10.1. The number of hydrogen-bond donors (Lipinski definition) is 0. The lowest BCUT2D eigenvalue weighted by Crippen LogP contribution is -2.34. The molecule has 0 saturated carbocycles. The number of hydrogen-bond acceptors (Lipinski definition) is 5. The van der Waals surface area contributed by atoms with E-state index in [0.29, 0.717) is 19.5 Å². The van der Waals surface area contributed by atoms with Crippen LogP contribution in [0.25, 0.3) is 0 Å². The molecule has 5 nitrogen and oxygen atoms in total. The van der Waals surface area contributed by atoms with E-state index in [4.69, 9.17) is 0 Å². The molecule has 0 aliphatic carbocycles. The molecule has 0 N–H and O–H groups in total. The van der Waals surface area contributed by atoms with Crippen LogP contribution < -0.4 is 0 Å². The van der Waals surface area contributed by atoms with Crippen molar-refractivity contribution >= 4 is 27.1 Å². The van der Waals surface area contributed by atoms with Crippen LogP contribution in [0.15, 0.2) is 5.38 Å². The molecule has 1 fully saturated rings. The minimum atomic E-state index is -3.06. The summed E-state index contributed by atoms with van der Waals surface area (Å²) < 4.78 is 23.8. The molecule has 0 unspecified atom stereocenters. The lowest BCUT2D eigenvalue weighted by atomic mass is 9.98. The zero-order chi connectivity index (χ0) is 16.5. The molecule has 1 amide bonds. The van der Waals surface area contributed by atoms with Gasteiger partial charge in [0.15, 0.2) is 9.84 Å². The summed E-state index contributed by atoms with van der Waals surface area (Å²) in [5, 5.41) is 2.58. The van der Waals surface area contributed by atoms with Crippen LogP contribution in [-0.4, -0.2) is 48.3 Å². The Kier molecular flexibility index (Phi) is 4.96. The first kappa shape index (κ1) is 17.4. The third-order valence-corrected chi connectivity index (χ3v) is 7.47. The Morgan fingerprint density at radius 1 is 1.41 bits per heavy atom. The van der Waals surface area contributed by atoms with Crippen molar-refractivity contribution in [2.75, 3.05) is 18.8 Å². The first-order valence-electron chi connectivity index (χ1n) is 7.54. The Morgan fingerprint density at radius 2 is 2.09 bits per heavy atom. The molecular formula is C15H24N2O3S2. The maximum absolute atomic E-state index is 12.4. The largest absolute Gasteiger partial charge is 0.341 e. The van der Waals surface area contributed by atoms with Crippen molar-refractivity contribution < 1.29 is 13.2 Å². The number of thiazole rings is 1. The summed E-state index contributed by atoms with van der Waals surface area (Å²) in [6.45, 7) is 8.81. The average molecular weight is 345 g/mol. The third kappa shape index (κ3) is 4.07.